The second kappa shape index (κ2) is 3.62. The fraction of sp³-hybridized carbons (Fsp3) is 0.0909. The zero-order chi connectivity index (χ0) is 11.0. The fourth-order valence-electron chi connectivity index (χ4n) is 1.57. The maximum absolute atomic E-state index is 11.0. The Bertz CT molecular complexity index is 552. The topological polar surface area (TPSA) is 50.2 Å². The van der Waals surface area contributed by atoms with E-state index < -0.39 is 5.97 Å². The Labute approximate surface area is 94.9 Å². The molecule has 1 aromatic carbocycles. The second-order valence-electron chi connectivity index (χ2n) is 3.23. The molecule has 0 unspecified atom stereocenters. The number of aromatic nitrogens is 1. The Kier molecular flexibility index (Phi) is 2.44. The Morgan fingerprint density at radius 2 is 2.13 bits per heavy atom. The minimum Gasteiger partial charge on any atom is -0.478 e. The lowest BCUT2D eigenvalue weighted by atomic mass is 10.0. The molecule has 0 aliphatic rings. The molecular weight excluding hydrogens is 258 g/mol. The average molecular weight is 266 g/mol. The molecule has 0 fully saturated rings. The lowest BCUT2D eigenvalue weighted by molar-refractivity contribution is 0.0699. The van der Waals surface area contributed by atoms with Crippen LogP contribution in [0.3, 0.4) is 0 Å². The summed E-state index contributed by atoms with van der Waals surface area (Å²) in [7, 11) is 0. The number of nitrogens with zero attached hydrogens (tertiary/aromatic N) is 1. The van der Waals surface area contributed by atoms with Crippen molar-refractivity contribution in [1.29, 1.82) is 0 Å². The molecule has 2 aromatic rings. The molecule has 0 amide bonds. The molecule has 0 aliphatic carbocycles. The summed E-state index contributed by atoms with van der Waals surface area (Å²) in [5.41, 5.74) is 1.90. The summed E-state index contributed by atoms with van der Waals surface area (Å²) < 4.78 is 0.894. The predicted octanol–water partition coefficient (Wildman–Crippen LogP) is 3.00. The van der Waals surface area contributed by atoms with Crippen molar-refractivity contribution in [2.45, 2.75) is 6.92 Å². The molecule has 0 atom stereocenters. The first-order valence-electron chi connectivity index (χ1n) is 4.38. The first-order chi connectivity index (χ1) is 7.11. The number of aryl methyl sites for hydroxylation is 1. The molecule has 2 rings (SSSR count). The van der Waals surface area contributed by atoms with Crippen LogP contribution in [0.4, 0.5) is 0 Å². The maximum Gasteiger partial charge on any atom is 0.336 e. The van der Waals surface area contributed by atoms with Crippen LogP contribution in [-0.2, 0) is 0 Å². The first-order valence-corrected chi connectivity index (χ1v) is 5.17. The van der Waals surface area contributed by atoms with Crippen molar-refractivity contribution >= 4 is 32.8 Å². The number of carboxylic acids is 1. The number of hydrogen-bond donors (Lipinski definition) is 1. The monoisotopic (exact) mass is 265 g/mol. The van der Waals surface area contributed by atoms with Crippen molar-refractivity contribution < 1.29 is 9.90 Å². The number of rotatable bonds is 1. The van der Waals surface area contributed by atoms with Crippen molar-refractivity contribution in [1.82, 2.24) is 4.98 Å². The van der Waals surface area contributed by atoms with E-state index in [1.807, 2.05) is 13.0 Å². The van der Waals surface area contributed by atoms with Gasteiger partial charge in [0.2, 0.25) is 0 Å². The molecule has 1 N–H and O–H groups in total. The second-order valence-corrected chi connectivity index (χ2v) is 4.08. The number of carboxylic acid groups (broad SMARTS) is 1. The van der Waals surface area contributed by atoms with Gasteiger partial charge in [-0.25, -0.2) is 4.79 Å². The van der Waals surface area contributed by atoms with Gasteiger partial charge >= 0.3 is 5.97 Å². The molecule has 0 saturated heterocycles. The molecule has 1 aromatic heterocycles. The van der Waals surface area contributed by atoms with Gasteiger partial charge in [-0.05, 0) is 30.7 Å². The zero-order valence-electron chi connectivity index (χ0n) is 7.99. The Morgan fingerprint density at radius 1 is 1.40 bits per heavy atom. The Hall–Kier alpha value is -1.42. The highest BCUT2D eigenvalue weighted by Gasteiger charge is 2.12. The van der Waals surface area contributed by atoms with E-state index in [1.54, 1.807) is 6.07 Å². The SMILES string of the molecule is Cc1c(Br)ccc2nccc(C(=O)O)c12. The van der Waals surface area contributed by atoms with Gasteiger partial charge < -0.3 is 5.11 Å². The largest absolute Gasteiger partial charge is 0.478 e. The van der Waals surface area contributed by atoms with Crippen LogP contribution >= 0.6 is 15.9 Å². The van der Waals surface area contributed by atoms with Crippen LogP contribution in [-0.4, -0.2) is 16.1 Å². The number of aromatic carboxylic acids is 1. The molecule has 0 spiro atoms. The van der Waals surface area contributed by atoms with Crippen molar-refractivity contribution in [3.05, 3.63) is 40.0 Å². The van der Waals surface area contributed by atoms with Gasteiger partial charge in [0.25, 0.3) is 0 Å². The third-order valence-corrected chi connectivity index (χ3v) is 3.19. The van der Waals surface area contributed by atoms with Gasteiger partial charge in [-0.1, -0.05) is 15.9 Å². The number of hydrogen-bond acceptors (Lipinski definition) is 2. The highest BCUT2D eigenvalue weighted by atomic mass is 79.9. The maximum atomic E-state index is 11.0. The van der Waals surface area contributed by atoms with Crippen LogP contribution in [0, 0.1) is 6.92 Å². The minimum absolute atomic E-state index is 0.291. The number of carbonyl (C=O) groups is 1. The highest BCUT2D eigenvalue weighted by Crippen LogP contribution is 2.27. The van der Waals surface area contributed by atoms with E-state index >= 15 is 0 Å². The lowest BCUT2D eigenvalue weighted by Gasteiger charge is -2.06. The van der Waals surface area contributed by atoms with Gasteiger partial charge in [0.05, 0.1) is 11.1 Å². The Morgan fingerprint density at radius 3 is 2.80 bits per heavy atom. The van der Waals surface area contributed by atoms with Crippen molar-refractivity contribution in [3.8, 4) is 0 Å². The van der Waals surface area contributed by atoms with Crippen molar-refractivity contribution in [3.63, 3.8) is 0 Å². The van der Waals surface area contributed by atoms with Gasteiger partial charge in [0.1, 0.15) is 0 Å². The van der Waals surface area contributed by atoms with Crippen LogP contribution < -0.4 is 0 Å². The molecule has 0 bridgehead atoms. The van der Waals surface area contributed by atoms with Crippen LogP contribution in [0.1, 0.15) is 15.9 Å². The summed E-state index contributed by atoms with van der Waals surface area (Å²) in [4.78, 5) is 15.2. The average Bonchev–Trinajstić information content (AvgIpc) is 2.23. The molecule has 3 nitrogen and oxygen atoms in total. The van der Waals surface area contributed by atoms with Crippen molar-refractivity contribution in [2.24, 2.45) is 0 Å². The number of pyridine rings is 1. The molecule has 0 radical (unpaired) electrons. The van der Waals surface area contributed by atoms with Crippen LogP contribution in [0.2, 0.25) is 0 Å². The smallest absolute Gasteiger partial charge is 0.336 e. The number of halogens is 1. The third-order valence-electron chi connectivity index (χ3n) is 2.33. The van der Waals surface area contributed by atoms with E-state index in [-0.39, 0.29) is 0 Å². The van der Waals surface area contributed by atoms with Gasteiger partial charge in [-0.15, -0.1) is 0 Å². The summed E-state index contributed by atoms with van der Waals surface area (Å²) in [5, 5.41) is 9.75. The van der Waals surface area contributed by atoms with Gasteiger partial charge in [-0.3, -0.25) is 4.98 Å². The molecule has 76 valence electrons. The molecule has 0 aliphatic heterocycles. The van der Waals surface area contributed by atoms with Crippen LogP contribution in [0.5, 0.6) is 0 Å². The van der Waals surface area contributed by atoms with E-state index in [0.717, 1.165) is 10.0 Å². The van der Waals surface area contributed by atoms with Crippen LogP contribution in [0.15, 0.2) is 28.9 Å². The quantitative estimate of drug-likeness (QED) is 0.863. The van der Waals surface area contributed by atoms with Gasteiger partial charge in [0, 0.05) is 16.1 Å². The first kappa shape index (κ1) is 10.1. The van der Waals surface area contributed by atoms with Gasteiger partial charge in [0.15, 0.2) is 0 Å². The van der Waals surface area contributed by atoms with Crippen LogP contribution in [0.25, 0.3) is 10.9 Å². The third kappa shape index (κ3) is 1.61. The number of fused-ring (bicyclic) bond motifs is 1. The lowest BCUT2D eigenvalue weighted by Crippen LogP contribution is -1.99. The summed E-state index contributed by atoms with van der Waals surface area (Å²) in [6.07, 6.45) is 1.51. The normalized spacial score (nSPS) is 10.5. The molecule has 15 heavy (non-hydrogen) atoms. The fourth-order valence-corrected chi connectivity index (χ4v) is 1.90. The van der Waals surface area contributed by atoms with E-state index in [1.165, 1.54) is 12.3 Å². The number of benzene rings is 1. The summed E-state index contributed by atoms with van der Waals surface area (Å²) in [5.74, 6) is -0.927. The van der Waals surface area contributed by atoms with Crippen molar-refractivity contribution in [2.75, 3.05) is 0 Å². The molecule has 0 saturated carbocycles. The zero-order valence-corrected chi connectivity index (χ0v) is 9.58. The van der Waals surface area contributed by atoms with E-state index in [2.05, 4.69) is 20.9 Å². The molecular formula is C11H8BrNO2. The predicted molar refractivity (Wildman–Crippen MR) is 61.1 cm³/mol. The summed E-state index contributed by atoms with van der Waals surface area (Å²) in [6, 6.07) is 5.19. The summed E-state index contributed by atoms with van der Waals surface area (Å²) in [6.45, 7) is 1.88. The molecule has 1 heterocycles. The van der Waals surface area contributed by atoms with E-state index in [4.69, 9.17) is 5.11 Å². The standard InChI is InChI=1S/C11H8BrNO2/c1-6-8(12)2-3-9-10(6)7(11(14)15)4-5-13-9/h2-5H,1H3,(H,14,15). The minimum atomic E-state index is -0.927. The molecule has 4 heteroatoms. The Balaban J connectivity index is 2.94. The van der Waals surface area contributed by atoms with E-state index in [0.29, 0.717) is 16.5 Å². The van der Waals surface area contributed by atoms with Gasteiger partial charge in [-0.2, -0.15) is 0 Å². The van der Waals surface area contributed by atoms with E-state index in [9.17, 15) is 4.79 Å². The summed E-state index contributed by atoms with van der Waals surface area (Å²) >= 11 is 3.38. The highest BCUT2D eigenvalue weighted by molar-refractivity contribution is 9.10.